The van der Waals surface area contributed by atoms with Crippen LogP contribution in [0.1, 0.15) is 36.8 Å². The van der Waals surface area contributed by atoms with E-state index in [1.165, 1.54) is 0 Å². The van der Waals surface area contributed by atoms with E-state index < -0.39 is 5.60 Å². The topological polar surface area (TPSA) is 31.2 Å². The van der Waals surface area contributed by atoms with Gasteiger partial charge in [-0.05, 0) is 38.8 Å². The predicted octanol–water partition coefficient (Wildman–Crippen LogP) is 4.60. The van der Waals surface area contributed by atoms with Crippen molar-refractivity contribution in [2.45, 2.75) is 39.8 Å². The van der Waals surface area contributed by atoms with Crippen molar-refractivity contribution in [1.29, 1.82) is 0 Å². The van der Waals surface area contributed by atoms with E-state index in [-0.39, 0.29) is 5.97 Å². The van der Waals surface area contributed by atoms with Crippen molar-refractivity contribution in [3.05, 3.63) is 60.4 Å². The summed E-state index contributed by atoms with van der Waals surface area (Å²) in [5.74, 6) is -0.304. The van der Waals surface area contributed by atoms with Crippen molar-refractivity contribution in [3.63, 3.8) is 0 Å². The van der Waals surface area contributed by atoms with Gasteiger partial charge in [0.05, 0.1) is 0 Å². The van der Waals surface area contributed by atoms with Crippen molar-refractivity contribution in [2.24, 2.45) is 0 Å². The molecule has 0 aliphatic rings. The van der Waals surface area contributed by atoms with E-state index in [4.69, 9.17) is 4.74 Å². The monoisotopic (exact) mass is 297 g/mol. The molecule has 0 atom stereocenters. The molecule has 2 aromatic rings. The first-order valence-corrected chi connectivity index (χ1v) is 7.43. The van der Waals surface area contributed by atoms with Gasteiger partial charge in [0.1, 0.15) is 11.3 Å². The summed E-state index contributed by atoms with van der Waals surface area (Å²) in [5.41, 5.74) is 3.05. The van der Waals surface area contributed by atoms with Gasteiger partial charge in [0, 0.05) is 18.3 Å². The number of hydrogen-bond acceptors (Lipinski definition) is 2. The molecule has 0 spiro atoms. The van der Waals surface area contributed by atoms with Gasteiger partial charge in [-0.1, -0.05) is 36.4 Å². The third-order valence-electron chi connectivity index (χ3n) is 3.25. The molecule has 0 saturated carbocycles. The molecular weight excluding hydrogens is 274 g/mol. The number of rotatable bonds is 4. The van der Waals surface area contributed by atoms with Crippen LogP contribution in [-0.2, 0) is 11.3 Å². The number of carbonyl (C=O) groups excluding carboxylic acids is 1. The number of aromatic nitrogens is 1. The lowest BCUT2D eigenvalue weighted by Crippen LogP contribution is -2.25. The molecule has 0 unspecified atom stereocenters. The van der Waals surface area contributed by atoms with Crippen molar-refractivity contribution < 1.29 is 9.53 Å². The van der Waals surface area contributed by atoms with E-state index in [0.717, 1.165) is 16.7 Å². The first-order chi connectivity index (χ1) is 10.3. The minimum absolute atomic E-state index is 0.304. The first kappa shape index (κ1) is 16.1. The van der Waals surface area contributed by atoms with E-state index in [1.54, 1.807) is 6.08 Å². The Morgan fingerprint density at radius 1 is 1.27 bits per heavy atom. The molecule has 116 valence electrons. The molecule has 0 saturated heterocycles. The predicted molar refractivity (Wildman–Crippen MR) is 90.0 cm³/mol. The van der Waals surface area contributed by atoms with Gasteiger partial charge < -0.3 is 9.30 Å². The zero-order valence-electron chi connectivity index (χ0n) is 13.7. The fourth-order valence-corrected chi connectivity index (χ4v) is 2.49. The smallest absolute Gasteiger partial charge is 0.356 e. The van der Waals surface area contributed by atoms with Gasteiger partial charge >= 0.3 is 5.97 Å². The summed E-state index contributed by atoms with van der Waals surface area (Å²) in [4.78, 5) is 12.7. The Kier molecular flexibility index (Phi) is 4.55. The molecule has 3 heteroatoms. The van der Waals surface area contributed by atoms with E-state index in [0.29, 0.717) is 12.2 Å². The fraction of sp³-hybridized carbons (Fsp3) is 0.316. The zero-order valence-corrected chi connectivity index (χ0v) is 13.7. The number of carbonyl (C=O) groups is 1. The van der Waals surface area contributed by atoms with Crippen LogP contribution in [0.15, 0.2) is 49.2 Å². The summed E-state index contributed by atoms with van der Waals surface area (Å²) in [5, 5.41) is 0. The Labute approximate surface area is 132 Å². The molecule has 0 aliphatic carbocycles. The molecule has 3 nitrogen and oxygen atoms in total. The molecule has 0 bridgehead atoms. The summed E-state index contributed by atoms with van der Waals surface area (Å²) >= 11 is 0. The van der Waals surface area contributed by atoms with Crippen LogP contribution < -0.4 is 0 Å². The average Bonchev–Trinajstić information content (AvgIpc) is 2.75. The minimum Gasteiger partial charge on any atom is -0.455 e. The largest absolute Gasteiger partial charge is 0.455 e. The number of aryl methyl sites for hydroxylation is 1. The lowest BCUT2D eigenvalue weighted by atomic mass is 10.0. The van der Waals surface area contributed by atoms with Crippen LogP contribution in [0.5, 0.6) is 0 Å². The highest BCUT2D eigenvalue weighted by Crippen LogP contribution is 2.30. The normalized spacial score (nSPS) is 11.3. The van der Waals surface area contributed by atoms with E-state index in [9.17, 15) is 4.79 Å². The lowest BCUT2D eigenvalue weighted by Gasteiger charge is -2.21. The zero-order chi connectivity index (χ0) is 16.3. The number of hydrogen-bond donors (Lipinski definition) is 0. The molecule has 22 heavy (non-hydrogen) atoms. The molecule has 0 fully saturated rings. The number of ether oxygens (including phenoxy) is 1. The third kappa shape index (κ3) is 3.48. The Bertz CT molecular complexity index is 675. The van der Waals surface area contributed by atoms with E-state index in [1.807, 2.05) is 68.8 Å². The second-order valence-electron chi connectivity index (χ2n) is 6.34. The Balaban J connectivity index is 2.58. The number of nitrogens with zero attached hydrogens (tertiary/aromatic N) is 1. The van der Waals surface area contributed by atoms with Crippen LogP contribution in [0.25, 0.3) is 11.1 Å². The highest BCUT2D eigenvalue weighted by atomic mass is 16.6. The molecule has 1 aromatic heterocycles. The van der Waals surface area contributed by atoms with Crippen LogP contribution in [0.4, 0.5) is 0 Å². The van der Waals surface area contributed by atoms with Crippen molar-refractivity contribution >= 4 is 5.97 Å². The summed E-state index contributed by atoms with van der Waals surface area (Å²) in [6.45, 7) is 12.0. The molecule has 0 aliphatic heterocycles. The fourth-order valence-electron chi connectivity index (χ4n) is 2.49. The van der Waals surface area contributed by atoms with Gasteiger partial charge in [-0.3, -0.25) is 0 Å². The maximum absolute atomic E-state index is 12.7. The van der Waals surface area contributed by atoms with Gasteiger partial charge in [-0.15, -0.1) is 6.58 Å². The SMILES string of the molecule is C=CCn1cc(C)c(-c2ccccc2)c1C(=O)OC(C)(C)C. The molecule has 2 rings (SSSR count). The standard InChI is InChI=1S/C19H23NO2/c1-6-12-20-13-14(2)16(15-10-8-7-9-11-15)17(20)18(21)22-19(3,4)5/h6-11,13H,1,12H2,2-5H3. The molecule has 0 amide bonds. The lowest BCUT2D eigenvalue weighted by molar-refractivity contribution is 0.00593. The minimum atomic E-state index is -0.526. The summed E-state index contributed by atoms with van der Waals surface area (Å²) in [6, 6.07) is 9.92. The second-order valence-corrected chi connectivity index (χ2v) is 6.34. The molecule has 0 N–H and O–H groups in total. The van der Waals surface area contributed by atoms with E-state index in [2.05, 4.69) is 6.58 Å². The van der Waals surface area contributed by atoms with Crippen LogP contribution in [0, 0.1) is 6.92 Å². The first-order valence-electron chi connectivity index (χ1n) is 7.43. The molecule has 1 heterocycles. The van der Waals surface area contributed by atoms with Crippen LogP contribution >= 0.6 is 0 Å². The summed E-state index contributed by atoms with van der Waals surface area (Å²) in [7, 11) is 0. The van der Waals surface area contributed by atoms with Crippen molar-refractivity contribution in [3.8, 4) is 11.1 Å². The van der Waals surface area contributed by atoms with Gasteiger partial charge in [-0.25, -0.2) is 4.79 Å². The molecular formula is C19H23NO2. The van der Waals surface area contributed by atoms with Gasteiger partial charge in [0.2, 0.25) is 0 Å². The van der Waals surface area contributed by atoms with Gasteiger partial charge in [-0.2, -0.15) is 0 Å². The highest BCUT2D eigenvalue weighted by Gasteiger charge is 2.25. The van der Waals surface area contributed by atoms with Crippen LogP contribution in [0.2, 0.25) is 0 Å². The Morgan fingerprint density at radius 3 is 2.45 bits per heavy atom. The van der Waals surface area contributed by atoms with Gasteiger partial charge in [0.25, 0.3) is 0 Å². The number of benzene rings is 1. The molecule has 1 aromatic carbocycles. The van der Waals surface area contributed by atoms with Crippen LogP contribution in [-0.4, -0.2) is 16.1 Å². The quantitative estimate of drug-likeness (QED) is 0.610. The summed E-state index contributed by atoms with van der Waals surface area (Å²) < 4.78 is 7.49. The average molecular weight is 297 g/mol. The van der Waals surface area contributed by atoms with Crippen molar-refractivity contribution in [2.75, 3.05) is 0 Å². The van der Waals surface area contributed by atoms with Crippen molar-refractivity contribution in [1.82, 2.24) is 4.57 Å². The van der Waals surface area contributed by atoms with Crippen LogP contribution in [0.3, 0.4) is 0 Å². The Hall–Kier alpha value is -2.29. The number of allylic oxidation sites excluding steroid dienone is 1. The maximum Gasteiger partial charge on any atom is 0.356 e. The Morgan fingerprint density at radius 2 is 1.91 bits per heavy atom. The second kappa shape index (κ2) is 6.22. The third-order valence-corrected chi connectivity index (χ3v) is 3.25. The summed E-state index contributed by atoms with van der Waals surface area (Å²) in [6.07, 6.45) is 3.76. The van der Waals surface area contributed by atoms with Gasteiger partial charge in [0.15, 0.2) is 0 Å². The van der Waals surface area contributed by atoms with E-state index >= 15 is 0 Å². The maximum atomic E-state index is 12.7. The number of esters is 1. The molecule has 0 radical (unpaired) electrons. The highest BCUT2D eigenvalue weighted by molar-refractivity contribution is 5.97.